The van der Waals surface area contributed by atoms with E-state index < -0.39 is 11.7 Å². The van der Waals surface area contributed by atoms with Crippen molar-refractivity contribution in [2.75, 3.05) is 0 Å². The second-order valence-electron chi connectivity index (χ2n) is 3.95. The zero-order valence-electron chi connectivity index (χ0n) is 7.62. The third-order valence-electron chi connectivity index (χ3n) is 2.36. The third kappa shape index (κ3) is 1.96. The van der Waals surface area contributed by atoms with E-state index in [4.69, 9.17) is 0 Å². The highest BCUT2D eigenvalue weighted by Gasteiger charge is 2.29. The van der Waals surface area contributed by atoms with Crippen LogP contribution < -0.4 is 0 Å². The molecule has 0 unspecified atom stereocenters. The number of hydrogen-bond acceptors (Lipinski definition) is 2. The van der Waals surface area contributed by atoms with Crippen LogP contribution in [0.25, 0.3) is 0 Å². The molecular formula is C10H16O2. The molecule has 1 rings (SSSR count). The van der Waals surface area contributed by atoms with Gasteiger partial charge in [-0.1, -0.05) is 18.7 Å². The summed E-state index contributed by atoms with van der Waals surface area (Å²) in [6, 6.07) is 0. The number of rotatable bonds is 1. The van der Waals surface area contributed by atoms with E-state index in [1.165, 1.54) is 0 Å². The van der Waals surface area contributed by atoms with Gasteiger partial charge in [0.15, 0.2) is 0 Å². The maximum Gasteiger partial charge on any atom is 0.0790 e. The van der Waals surface area contributed by atoms with E-state index in [1.54, 1.807) is 19.9 Å². The molecule has 12 heavy (non-hydrogen) atoms. The molecule has 0 aromatic rings. The second kappa shape index (κ2) is 3.04. The SMILES string of the molecule is C=C1C=C[C@@H](C(C)(C)O)C[C@@H]1O. The highest BCUT2D eigenvalue weighted by atomic mass is 16.3. The van der Waals surface area contributed by atoms with E-state index >= 15 is 0 Å². The van der Waals surface area contributed by atoms with Crippen molar-refractivity contribution < 1.29 is 10.2 Å². The van der Waals surface area contributed by atoms with Crippen LogP contribution in [0.2, 0.25) is 0 Å². The molecule has 0 saturated heterocycles. The van der Waals surface area contributed by atoms with Gasteiger partial charge in [-0.05, 0) is 25.8 Å². The van der Waals surface area contributed by atoms with E-state index in [0.717, 1.165) is 5.57 Å². The number of hydrogen-bond donors (Lipinski definition) is 2. The van der Waals surface area contributed by atoms with Crippen molar-refractivity contribution in [1.82, 2.24) is 0 Å². The minimum absolute atomic E-state index is 0.0259. The normalized spacial score (nSPS) is 30.8. The molecule has 0 heterocycles. The Labute approximate surface area is 73.2 Å². The van der Waals surface area contributed by atoms with Gasteiger partial charge in [0.1, 0.15) is 0 Å². The summed E-state index contributed by atoms with van der Waals surface area (Å²) in [5.74, 6) is 0.0259. The first kappa shape index (κ1) is 9.49. The first-order valence-electron chi connectivity index (χ1n) is 4.18. The van der Waals surface area contributed by atoms with Crippen molar-refractivity contribution in [3.63, 3.8) is 0 Å². The summed E-state index contributed by atoms with van der Waals surface area (Å²) in [6.07, 6.45) is 3.77. The van der Waals surface area contributed by atoms with Crippen molar-refractivity contribution in [2.45, 2.75) is 32.0 Å². The summed E-state index contributed by atoms with van der Waals surface area (Å²) in [6.45, 7) is 7.20. The molecule has 1 aliphatic rings. The zero-order chi connectivity index (χ0) is 9.35. The highest BCUT2D eigenvalue weighted by molar-refractivity contribution is 5.24. The van der Waals surface area contributed by atoms with Gasteiger partial charge in [-0.25, -0.2) is 0 Å². The van der Waals surface area contributed by atoms with Gasteiger partial charge in [0.25, 0.3) is 0 Å². The summed E-state index contributed by atoms with van der Waals surface area (Å²) in [5.41, 5.74) is -0.0199. The first-order chi connectivity index (χ1) is 5.41. The van der Waals surface area contributed by atoms with Crippen LogP contribution in [0.5, 0.6) is 0 Å². The molecule has 68 valence electrons. The van der Waals surface area contributed by atoms with Crippen molar-refractivity contribution in [2.24, 2.45) is 5.92 Å². The van der Waals surface area contributed by atoms with E-state index in [2.05, 4.69) is 6.58 Å². The second-order valence-corrected chi connectivity index (χ2v) is 3.95. The maximum atomic E-state index is 9.65. The molecule has 0 spiro atoms. The van der Waals surface area contributed by atoms with E-state index in [1.807, 2.05) is 6.08 Å². The summed E-state index contributed by atoms with van der Waals surface area (Å²) in [5, 5.41) is 19.1. The Balaban J connectivity index is 2.74. The molecule has 0 fully saturated rings. The lowest BCUT2D eigenvalue weighted by Gasteiger charge is -2.31. The summed E-state index contributed by atoms with van der Waals surface area (Å²) in [7, 11) is 0. The van der Waals surface area contributed by atoms with Crippen LogP contribution in [0, 0.1) is 5.92 Å². The highest BCUT2D eigenvalue weighted by Crippen LogP contribution is 2.29. The molecule has 2 heteroatoms. The van der Waals surface area contributed by atoms with E-state index in [0.29, 0.717) is 6.42 Å². The molecule has 0 radical (unpaired) electrons. The Kier molecular flexibility index (Phi) is 2.40. The molecule has 0 saturated carbocycles. The standard InChI is InChI=1S/C10H16O2/c1-7-4-5-8(6-9(7)11)10(2,3)12/h4-5,8-9,11-12H,1,6H2,2-3H3/t8-,9+/m1/s1. The Hall–Kier alpha value is -0.600. The van der Waals surface area contributed by atoms with Crippen molar-refractivity contribution in [1.29, 1.82) is 0 Å². The van der Waals surface area contributed by atoms with Crippen LogP contribution in [0.1, 0.15) is 20.3 Å². The monoisotopic (exact) mass is 168 g/mol. The largest absolute Gasteiger partial charge is 0.390 e. The topological polar surface area (TPSA) is 40.5 Å². The Morgan fingerprint density at radius 2 is 2.17 bits per heavy atom. The molecule has 0 aliphatic heterocycles. The fourth-order valence-corrected chi connectivity index (χ4v) is 1.35. The van der Waals surface area contributed by atoms with Gasteiger partial charge < -0.3 is 10.2 Å². The lowest BCUT2D eigenvalue weighted by atomic mass is 9.81. The number of aliphatic hydroxyl groups excluding tert-OH is 1. The van der Waals surface area contributed by atoms with Gasteiger partial charge in [0, 0.05) is 5.92 Å². The molecule has 0 bridgehead atoms. The molecular weight excluding hydrogens is 152 g/mol. The first-order valence-corrected chi connectivity index (χ1v) is 4.18. The Morgan fingerprint density at radius 1 is 1.58 bits per heavy atom. The average Bonchev–Trinajstić information content (AvgIpc) is 1.92. The van der Waals surface area contributed by atoms with Gasteiger partial charge in [-0.3, -0.25) is 0 Å². The van der Waals surface area contributed by atoms with E-state index in [-0.39, 0.29) is 5.92 Å². The molecule has 0 amide bonds. The third-order valence-corrected chi connectivity index (χ3v) is 2.36. The van der Waals surface area contributed by atoms with Crippen molar-refractivity contribution in [3.8, 4) is 0 Å². The van der Waals surface area contributed by atoms with Crippen LogP contribution in [-0.4, -0.2) is 21.9 Å². The Morgan fingerprint density at radius 3 is 2.58 bits per heavy atom. The van der Waals surface area contributed by atoms with Crippen LogP contribution in [0.3, 0.4) is 0 Å². The van der Waals surface area contributed by atoms with Crippen LogP contribution in [0.15, 0.2) is 24.3 Å². The van der Waals surface area contributed by atoms with Crippen LogP contribution >= 0.6 is 0 Å². The van der Waals surface area contributed by atoms with Crippen molar-refractivity contribution >= 4 is 0 Å². The van der Waals surface area contributed by atoms with Gasteiger partial charge in [0.05, 0.1) is 11.7 Å². The fourth-order valence-electron chi connectivity index (χ4n) is 1.35. The van der Waals surface area contributed by atoms with Gasteiger partial charge in [-0.15, -0.1) is 0 Å². The molecule has 2 N–H and O–H groups in total. The molecule has 0 aromatic heterocycles. The lowest BCUT2D eigenvalue weighted by molar-refractivity contribution is 0.0161. The predicted molar refractivity (Wildman–Crippen MR) is 48.7 cm³/mol. The molecule has 1 aliphatic carbocycles. The minimum atomic E-state index is -0.752. The van der Waals surface area contributed by atoms with Gasteiger partial charge in [-0.2, -0.15) is 0 Å². The predicted octanol–water partition coefficient (Wildman–Crippen LogP) is 1.25. The van der Waals surface area contributed by atoms with Crippen LogP contribution in [-0.2, 0) is 0 Å². The quantitative estimate of drug-likeness (QED) is 0.618. The lowest BCUT2D eigenvalue weighted by Crippen LogP contribution is -2.34. The minimum Gasteiger partial charge on any atom is -0.390 e. The number of aliphatic hydroxyl groups is 2. The Bertz CT molecular complexity index is 210. The summed E-state index contributed by atoms with van der Waals surface area (Å²) >= 11 is 0. The van der Waals surface area contributed by atoms with Gasteiger partial charge >= 0.3 is 0 Å². The zero-order valence-corrected chi connectivity index (χ0v) is 7.62. The van der Waals surface area contributed by atoms with E-state index in [9.17, 15) is 10.2 Å². The average molecular weight is 168 g/mol. The summed E-state index contributed by atoms with van der Waals surface area (Å²) in [4.78, 5) is 0. The van der Waals surface area contributed by atoms with Gasteiger partial charge in [0.2, 0.25) is 0 Å². The molecule has 2 nitrogen and oxygen atoms in total. The maximum absolute atomic E-state index is 9.65. The fraction of sp³-hybridized carbons (Fsp3) is 0.600. The van der Waals surface area contributed by atoms with Crippen molar-refractivity contribution in [3.05, 3.63) is 24.3 Å². The van der Waals surface area contributed by atoms with Crippen LogP contribution in [0.4, 0.5) is 0 Å². The molecule has 0 aromatic carbocycles. The summed E-state index contributed by atoms with van der Waals surface area (Å²) < 4.78 is 0. The molecule has 2 atom stereocenters. The smallest absolute Gasteiger partial charge is 0.0790 e.